The molecule has 126 valence electrons. The number of nitrogens with one attached hydrogen (secondary N) is 2. The van der Waals surface area contributed by atoms with Gasteiger partial charge in [0.25, 0.3) is 0 Å². The number of amides is 5. The zero-order chi connectivity index (χ0) is 16.4. The van der Waals surface area contributed by atoms with Gasteiger partial charge in [0, 0.05) is 6.04 Å². The van der Waals surface area contributed by atoms with Crippen molar-refractivity contribution >= 4 is 23.8 Å². The van der Waals surface area contributed by atoms with E-state index in [1.807, 2.05) is 0 Å². The number of rotatable bonds is 3. The second kappa shape index (κ2) is 6.68. The van der Waals surface area contributed by atoms with E-state index in [9.17, 15) is 19.2 Å². The lowest BCUT2D eigenvalue weighted by Crippen LogP contribution is -2.48. The molecule has 2 aliphatic carbocycles. The Morgan fingerprint density at radius 3 is 2.00 bits per heavy atom. The molecule has 7 heteroatoms. The molecule has 2 atom stereocenters. The van der Waals surface area contributed by atoms with Gasteiger partial charge < -0.3 is 5.32 Å². The normalized spacial score (nSPS) is 27.9. The zero-order valence-corrected chi connectivity index (χ0v) is 13.2. The number of carbonyl (C=O) groups is 4. The Balaban J connectivity index is 1.52. The van der Waals surface area contributed by atoms with Gasteiger partial charge in [-0.05, 0) is 25.7 Å². The van der Waals surface area contributed by atoms with Crippen LogP contribution in [0.1, 0.15) is 51.4 Å². The van der Waals surface area contributed by atoms with Crippen LogP contribution in [0.5, 0.6) is 0 Å². The third-order valence-electron chi connectivity index (χ3n) is 5.18. The third-order valence-corrected chi connectivity index (χ3v) is 5.18. The zero-order valence-electron chi connectivity index (χ0n) is 13.2. The molecule has 1 heterocycles. The molecule has 1 aliphatic heterocycles. The Bertz CT molecular complexity index is 503. The largest absolute Gasteiger partial charge is 0.335 e. The van der Waals surface area contributed by atoms with Gasteiger partial charge in [0.1, 0.15) is 6.54 Å². The van der Waals surface area contributed by atoms with E-state index in [0.29, 0.717) is 0 Å². The Hall–Kier alpha value is -1.92. The molecule has 0 aromatic rings. The van der Waals surface area contributed by atoms with Crippen LogP contribution < -0.4 is 10.6 Å². The fraction of sp³-hybridized carbons (Fsp3) is 0.750. The predicted octanol–water partition coefficient (Wildman–Crippen LogP) is 0.930. The van der Waals surface area contributed by atoms with Crippen molar-refractivity contribution in [3.63, 3.8) is 0 Å². The molecule has 5 amide bonds. The highest BCUT2D eigenvalue weighted by molar-refractivity contribution is 6.08. The first kappa shape index (κ1) is 16.0. The molecule has 2 unspecified atom stereocenters. The lowest BCUT2D eigenvalue weighted by atomic mass is 9.81. The SMILES string of the molecule is O=C(CN1C(=O)C2CCCCC2C1=O)NC(=O)NC1CCCC1. The van der Waals surface area contributed by atoms with Crippen molar-refractivity contribution in [1.82, 2.24) is 15.5 Å². The summed E-state index contributed by atoms with van der Waals surface area (Å²) in [6.07, 6.45) is 7.35. The number of hydrogen-bond donors (Lipinski definition) is 2. The molecule has 3 fully saturated rings. The molecule has 0 radical (unpaired) electrons. The second-order valence-corrected chi connectivity index (χ2v) is 6.76. The average Bonchev–Trinajstić information content (AvgIpc) is 3.11. The van der Waals surface area contributed by atoms with Crippen molar-refractivity contribution in [2.45, 2.75) is 57.4 Å². The Labute approximate surface area is 135 Å². The number of imide groups is 2. The molecule has 3 rings (SSSR count). The molecule has 1 saturated heterocycles. The van der Waals surface area contributed by atoms with Crippen LogP contribution >= 0.6 is 0 Å². The average molecular weight is 321 g/mol. The first-order chi connectivity index (χ1) is 11.1. The molecule has 0 aromatic heterocycles. The van der Waals surface area contributed by atoms with E-state index in [1.54, 1.807) is 0 Å². The van der Waals surface area contributed by atoms with Crippen molar-refractivity contribution in [2.75, 3.05) is 6.54 Å². The van der Waals surface area contributed by atoms with Gasteiger partial charge in [-0.2, -0.15) is 0 Å². The summed E-state index contributed by atoms with van der Waals surface area (Å²) < 4.78 is 0. The van der Waals surface area contributed by atoms with Crippen LogP contribution in [0.15, 0.2) is 0 Å². The van der Waals surface area contributed by atoms with Gasteiger partial charge in [-0.25, -0.2) is 4.79 Å². The fourth-order valence-electron chi connectivity index (χ4n) is 3.99. The minimum atomic E-state index is -0.610. The highest BCUT2D eigenvalue weighted by atomic mass is 16.2. The van der Waals surface area contributed by atoms with Crippen LogP contribution in [0.4, 0.5) is 4.79 Å². The molecule has 7 nitrogen and oxygen atoms in total. The number of carbonyl (C=O) groups excluding carboxylic acids is 4. The van der Waals surface area contributed by atoms with Gasteiger partial charge in [0.15, 0.2) is 0 Å². The van der Waals surface area contributed by atoms with Crippen LogP contribution in [0.2, 0.25) is 0 Å². The van der Waals surface area contributed by atoms with Gasteiger partial charge in [-0.15, -0.1) is 0 Å². The van der Waals surface area contributed by atoms with Crippen LogP contribution in [0.25, 0.3) is 0 Å². The molecule has 0 aromatic carbocycles. The van der Waals surface area contributed by atoms with E-state index >= 15 is 0 Å². The molecule has 2 saturated carbocycles. The molecular formula is C16H23N3O4. The van der Waals surface area contributed by atoms with E-state index in [2.05, 4.69) is 10.6 Å². The first-order valence-electron chi connectivity index (χ1n) is 8.52. The lowest BCUT2D eigenvalue weighted by molar-refractivity contribution is -0.143. The number of fused-ring (bicyclic) bond motifs is 1. The number of likely N-dealkylation sites (tertiary alicyclic amines) is 1. The maximum absolute atomic E-state index is 12.3. The molecule has 3 aliphatic rings. The summed E-state index contributed by atoms with van der Waals surface area (Å²) in [5.74, 6) is -1.66. The van der Waals surface area contributed by atoms with Crippen molar-refractivity contribution in [2.24, 2.45) is 11.8 Å². The van der Waals surface area contributed by atoms with E-state index in [-0.39, 0.29) is 36.2 Å². The predicted molar refractivity (Wildman–Crippen MR) is 81.1 cm³/mol. The summed E-state index contributed by atoms with van der Waals surface area (Å²) in [5.41, 5.74) is 0. The van der Waals surface area contributed by atoms with E-state index in [1.165, 1.54) is 0 Å². The second-order valence-electron chi connectivity index (χ2n) is 6.76. The van der Waals surface area contributed by atoms with Gasteiger partial charge in [-0.3, -0.25) is 24.6 Å². The summed E-state index contributed by atoms with van der Waals surface area (Å²) in [4.78, 5) is 49.3. The minimum Gasteiger partial charge on any atom is -0.335 e. The Kier molecular flexibility index (Phi) is 4.63. The molecular weight excluding hydrogens is 298 g/mol. The monoisotopic (exact) mass is 321 g/mol. The Morgan fingerprint density at radius 2 is 1.43 bits per heavy atom. The first-order valence-corrected chi connectivity index (χ1v) is 8.52. The van der Waals surface area contributed by atoms with Crippen LogP contribution in [-0.4, -0.2) is 41.2 Å². The molecule has 2 N–H and O–H groups in total. The highest BCUT2D eigenvalue weighted by Crippen LogP contribution is 2.37. The topological polar surface area (TPSA) is 95.6 Å². The van der Waals surface area contributed by atoms with Gasteiger partial charge in [0.2, 0.25) is 17.7 Å². The van der Waals surface area contributed by atoms with Gasteiger partial charge >= 0.3 is 6.03 Å². The molecule has 23 heavy (non-hydrogen) atoms. The number of nitrogens with zero attached hydrogens (tertiary/aromatic N) is 1. The quantitative estimate of drug-likeness (QED) is 0.756. The Morgan fingerprint density at radius 1 is 0.913 bits per heavy atom. The summed E-state index contributed by atoms with van der Waals surface area (Å²) in [6.45, 7) is -0.358. The molecule has 0 bridgehead atoms. The van der Waals surface area contributed by atoms with E-state index in [4.69, 9.17) is 0 Å². The highest BCUT2D eigenvalue weighted by Gasteiger charge is 2.48. The maximum atomic E-state index is 12.3. The van der Waals surface area contributed by atoms with Crippen molar-refractivity contribution in [3.8, 4) is 0 Å². The molecule has 0 spiro atoms. The number of urea groups is 1. The van der Waals surface area contributed by atoms with Crippen molar-refractivity contribution in [1.29, 1.82) is 0 Å². The van der Waals surface area contributed by atoms with E-state index < -0.39 is 11.9 Å². The summed E-state index contributed by atoms with van der Waals surface area (Å²) >= 11 is 0. The van der Waals surface area contributed by atoms with Gasteiger partial charge in [0.05, 0.1) is 11.8 Å². The van der Waals surface area contributed by atoms with Crippen molar-refractivity contribution < 1.29 is 19.2 Å². The fourth-order valence-corrected chi connectivity index (χ4v) is 3.99. The van der Waals surface area contributed by atoms with Gasteiger partial charge in [-0.1, -0.05) is 25.7 Å². The van der Waals surface area contributed by atoms with Crippen LogP contribution in [0, 0.1) is 11.8 Å². The maximum Gasteiger partial charge on any atom is 0.321 e. The summed E-state index contributed by atoms with van der Waals surface area (Å²) in [5, 5.41) is 4.97. The number of hydrogen-bond acceptors (Lipinski definition) is 4. The summed E-state index contributed by atoms with van der Waals surface area (Å²) in [6, 6.07) is -0.431. The minimum absolute atomic E-state index is 0.112. The van der Waals surface area contributed by atoms with E-state index in [0.717, 1.165) is 56.3 Å². The van der Waals surface area contributed by atoms with Crippen LogP contribution in [0.3, 0.4) is 0 Å². The van der Waals surface area contributed by atoms with Crippen LogP contribution in [-0.2, 0) is 14.4 Å². The standard InChI is InChI=1S/C16H23N3O4/c20-13(18-16(23)17-10-5-1-2-6-10)9-19-14(21)11-7-3-4-8-12(11)15(19)22/h10-12H,1-9H2,(H2,17,18,20,23). The van der Waals surface area contributed by atoms with Crippen molar-refractivity contribution in [3.05, 3.63) is 0 Å². The summed E-state index contributed by atoms with van der Waals surface area (Å²) in [7, 11) is 0. The smallest absolute Gasteiger partial charge is 0.321 e. The third kappa shape index (κ3) is 3.38. The lowest BCUT2D eigenvalue weighted by Gasteiger charge is -2.19.